The summed E-state index contributed by atoms with van der Waals surface area (Å²) in [4.78, 5) is 11.0. The Morgan fingerprint density at radius 2 is 1.92 bits per heavy atom. The van der Waals surface area contributed by atoms with Gasteiger partial charge in [-0.2, -0.15) is 0 Å². The van der Waals surface area contributed by atoms with E-state index in [1.807, 2.05) is 12.1 Å². The number of rotatable bonds is 7. The summed E-state index contributed by atoms with van der Waals surface area (Å²) in [6.45, 7) is 1.41. The zero-order valence-electron chi connectivity index (χ0n) is 14.1. The van der Waals surface area contributed by atoms with Crippen LogP contribution < -0.4 is 15.4 Å². The van der Waals surface area contributed by atoms with Crippen molar-refractivity contribution in [3.8, 4) is 5.75 Å². The van der Waals surface area contributed by atoms with Crippen molar-refractivity contribution in [2.24, 2.45) is 0 Å². The molecule has 4 N–H and O–H groups in total. The fraction of sp³-hybridized carbons (Fsp3) is 0.611. The van der Waals surface area contributed by atoms with Gasteiger partial charge in [-0.05, 0) is 69.3 Å². The van der Waals surface area contributed by atoms with E-state index in [9.17, 15) is 9.90 Å². The predicted octanol–water partition coefficient (Wildman–Crippen LogP) is 2.78. The van der Waals surface area contributed by atoms with Gasteiger partial charge in [0.2, 0.25) is 0 Å². The van der Waals surface area contributed by atoms with Gasteiger partial charge < -0.3 is 25.6 Å². The van der Waals surface area contributed by atoms with Crippen LogP contribution in [0.5, 0.6) is 5.75 Å². The van der Waals surface area contributed by atoms with E-state index >= 15 is 0 Å². The van der Waals surface area contributed by atoms with Crippen molar-refractivity contribution >= 4 is 17.7 Å². The molecule has 0 aromatic heterocycles. The molecule has 138 valence electrons. The Balaban J connectivity index is 1.42. The van der Waals surface area contributed by atoms with Crippen molar-refractivity contribution < 1.29 is 19.7 Å². The van der Waals surface area contributed by atoms with Crippen LogP contribution in [0, 0.1) is 0 Å². The predicted molar refractivity (Wildman–Crippen MR) is 95.3 cm³/mol. The minimum atomic E-state index is -1.05. The van der Waals surface area contributed by atoms with Crippen molar-refractivity contribution in [2.75, 3.05) is 13.2 Å². The van der Waals surface area contributed by atoms with Crippen LogP contribution in [0.4, 0.5) is 4.79 Å². The van der Waals surface area contributed by atoms with Gasteiger partial charge in [-0.1, -0.05) is 11.6 Å². The molecular weight excluding hydrogens is 344 g/mol. The number of benzene rings is 1. The normalized spacial score (nSPS) is 30.9. The Kier molecular flexibility index (Phi) is 5.41. The van der Waals surface area contributed by atoms with Gasteiger partial charge in [0.05, 0.1) is 18.2 Å². The molecule has 3 aliphatic carbocycles. The van der Waals surface area contributed by atoms with Crippen molar-refractivity contribution in [1.29, 1.82) is 0 Å². The summed E-state index contributed by atoms with van der Waals surface area (Å²) in [5.74, 6) is 0.804. The van der Waals surface area contributed by atoms with Crippen LogP contribution in [0.3, 0.4) is 0 Å². The van der Waals surface area contributed by atoms with Gasteiger partial charge in [-0.15, -0.1) is 0 Å². The van der Waals surface area contributed by atoms with E-state index in [0.717, 1.165) is 31.6 Å². The summed E-state index contributed by atoms with van der Waals surface area (Å²) in [7, 11) is 0. The number of hydrogen-bond acceptors (Lipinski definition) is 4. The van der Waals surface area contributed by atoms with Gasteiger partial charge in [-0.3, -0.25) is 0 Å². The SMILES string of the molecule is O=C(O)NC12CCC(NCCCOc3ccc(Cl)cc3)(CC1)C[C@@H]2O. The first-order chi connectivity index (χ1) is 11.9. The first kappa shape index (κ1) is 18.3. The van der Waals surface area contributed by atoms with Crippen LogP contribution in [-0.4, -0.2) is 46.6 Å². The number of aliphatic hydroxyl groups is 1. The van der Waals surface area contributed by atoms with E-state index in [2.05, 4.69) is 10.6 Å². The number of carboxylic acid groups (broad SMARTS) is 1. The average Bonchev–Trinajstić information content (AvgIpc) is 2.57. The zero-order chi connectivity index (χ0) is 17.9. The van der Waals surface area contributed by atoms with Crippen molar-refractivity contribution in [1.82, 2.24) is 10.6 Å². The Hall–Kier alpha value is -1.50. The number of fused-ring (bicyclic) bond motifs is 3. The molecule has 4 rings (SSSR count). The molecule has 0 heterocycles. The second kappa shape index (κ2) is 7.40. The summed E-state index contributed by atoms with van der Waals surface area (Å²) in [6, 6.07) is 7.30. The third kappa shape index (κ3) is 4.19. The van der Waals surface area contributed by atoms with E-state index in [-0.39, 0.29) is 5.54 Å². The number of ether oxygens (including phenoxy) is 1. The highest BCUT2D eigenvalue weighted by Crippen LogP contribution is 2.46. The van der Waals surface area contributed by atoms with Crippen LogP contribution in [-0.2, 0) is 0 Å². The number of carbonyl (C=O) groups is 1. The smallest absolute Gasteiger partial charge is 0.405 e. The minimum absolute atomic E-state index is 0.0817. The third-order valence-electron chi connectivity index (χ3n) is 5.58. The maximum atomic E-state index is 11.0. The molecule has 1 aromatic rings. The molecule has 0 unspecified atom stereocenters. The molecule has 6 nitrogen and oxygen atoms in total. The van der Waals surface area contributed by atoms with Crippen LogP contribution in [0.1, 0.15) is 38.5 Å². The monoisotopic (exact) mass is 368 g/mol. The second-order valence-electron chi connectivity index (χ2n) is 7.17. The molecule has 0 saturated heterocycles. The molecule has 0 spiro atoms. The molecule has 3 fully saturated rings. The lowest BCUT2D eigenvalue weighted by molar-refractivity contribution is -0.0589. The van der Waals surface area contributed by atoms with E-state index in [4.69, 9.17) is 21.4 Å². The summed E-state index contributed by atoms with van der Waals surface area (Å²) in [5.41, 5.74) is -0.741. The number of amides is 1. The van der Waals surface area contributed by atoms with Crippen molar-refractivity contribution in [3.63, 3.8) is 0 Å². The van der Waals surface area contributed by atoms with E-state index in [1.165, 1.54) is 0 Å². The molecule has 0 radical (unpaired) electrons. The number of hydrogen-bond donors (Lipinski definition) is 4. The van der Waals surface area contributed by atoms with Crippen LogP contribution >= 0.6 is 11.6 Å². The number of nitrogens with one attached hydrogen (secondary N) is 2. The quantitative estimate of drug-likeness (QED) is 0.555. The van der Waals surface area contributed by atoms with E-state index in [0.29, 0.717) is 30.9 Å². The first-order valence-electron chi connectivity index (χ1n) is 8.76. The average molecular weight is 369 g/mol. The molecule has 2 bridgehead atoms. The standard InChI is InChI=1S/C18H25ClN2O4/c19-13-2-4-14(5-3-13)25-11-1-10-20-17-6-8-18(9-7-17,15(22)12-17)21-16(23)24/h2-5,15,20-22H,1,6-12H2,(H,23,24)/t15-,17?,18?/m0/s1. The van der Waals surface area contributed by atoms with Crippen molar-refractivity contribution in [3.05, 3.63) is 29.3 Å². The maximum absolute atomic E-state index is 11.0. The largest absolute Gasteiger partial charge is 0.494 e. The minimum Gasteiger partial charge on any atom is -0.494 e. The van der Waals surface area contributed by atoms with Gasteiger partial charge in [0, 0.05) is 10.6 Å². The highest BCUT2D eigenvalue weighted by molar-refractivity contribution is 6.30. The third-order valence-corrected chi connectivity index (χ3v) is 5.83. The second-order valence-corrected chi connectivity index (χ2v) is 7.61. The molecule has 3 aliphatic rings. The Morgan fingerprint density at radius 1 is 1.24 bits per heavy atom. The first-order valence-corrected chi connectivity index (χ1v) is 9.14. The molecular formula is C18H25ClN2O4. The summed E-state index contributed by atoms with van der Waals surface area (Å²) in [5, 5.41) is 26.3. The highest BCUT2D eigenvalue weighted by Gasteiger charge is 2.54. The molecule has 0 aliphatic heterocycles. The fourth-order valence-electron chi connectivity index (χ4n) is 4.09. The van der Waals surface area contributed by atoms with Crippen molar-refractivity contribution in [2.45, 2.75) is 55.7 Å². The molecule has 25 heavy (non-hydrogen) atoms. The van der Waals surface area contributed by atoms with Crippen LogP contribution in [0.15, 0.2) is 24.3 Å². The van der Waals surface area contributed by atoms with Gasteiger partial charge in [0.15, 0.2) is 0 Å². The Morgan fingerprint density at radius 3 is 2.52 bits per heavy atom. The van der Waals surface area contributed by atoms with Gasteiger partial charge in [-0.25, -0.2) is 4.79 Å². The van der Waals surface area contributed by atoms with E-state index < -0.39 is 17.7 Å². The van der Waals surface area contributed by atoms with Gasteiger partial charge in [0.25, 0.3) is 0 Å². The van der Waals surface area contributed by atoms with Crippen LogP contribution in [0.2, 0.25) is 5.02 Å². The van der Waals surface area contributed by atoms with Crippen LogP contribution in [0.25, 0.3) is 0 Å². The lowest BCUT2D eigenvalue weighted by atomic mass is 9.60. The molecule has 1 amide bonds. The Labute approximate surface area is 152 Å². The topological polar surface area (TPSA) is 90.8 Å². The summed E-state index contributed by atoms with van der Waals surface area (Å²) < 4.78 is 5.68. The van der Waals surface area contributed by atoms with Gasteiger partial charge >= 0.3 is 6.09 Å². The fourth-order valence-corrected chi connectivity index (χ4v) is 4.22. The molecule has 7 heteroatoms. The van der Waals surface area contributed by atoms with E-state index in [1.54, 1.807) is 12.1 Å². The summed E-state index contributed by atoms with van der Waals surface area (Å²) in [6.07, 6.45) is 2.86. The number of halogens is 1. The summed E-state index contributed by atoms with van der Waals surface area (Å²) >= 11 is 5.84. The maximum Gasteiger partial charge on any atom is 0.405 e. The lowest BCUT2D eigenvalue weighted by Crippen LogP contribution is -2.69. The molecule has 1 atom stereocenters. The highest BCUT2D eigenvalue weighted by atomic mass is 35.5. The van der Waals surface area contributed by atoms with Gasteiger partial charge in [0.1, 0.15) is 5.75 Å². The lowest BCUT2D eigenvalue weighted by Gasteiger charge is -2.56. The Bertz CT molecular complexity index is 600. The number of aliphatic hydroxyl groups excluding tert-OH is 1. The zero-order valence-corrected chi connectivity index (χ0v) is 14.9. The molecule has 1 aromatic carbocycles. The molecule has 3 saturated carbocycles.